The Bertz CT molecular complexity index is 760. The molecule has 0 aliphatic carbocycles. The van der Waals surface area contributed by atoms with Crippen LogP contribution in [0.25, 0.3) is 0 Å². The number of carbonyl (C=O) groups excluding carboxylic acids is 1. The highest BCUT2D eigenvalue weighted by atomic mass is 32.2. The lowest BCUT2D eigenvalue weighted by Crippen LogP contribution is -2.55. The molecule has 1 aromatic rings. The van der Waals surface area contributed by atoms with Crippen molar-refractivity contribution >= 4 is 15.9 Å². The zero-order valence-electron chi connectivity index (χ0n) is 13.9. The molecule has 138 valence electrons. The molecule has 25 heavy (non-hydrogen) atoms. The number of rotatable bonds is 4. The number of benzene rings is 1. The zero-order valence-corrected chi connectivity index (χ0v) is 14.7. The molecule has 6 nitrogen and oxygen atoms in total. The summed E-state index contributed by atoms with van der Waals surface area (Å²) in [6.45, 7) is 4.28. The van der Waals surface area contributed by atoms with Gasteiger partial charge in [0.15, 0.2) is 0 Å². The van der Waals surface area contributed by atoms with Crippen LogP contribution in [0.2, 0.25) is 0 Å². The molecular weight excluding hydrogens is 352 g/mol. The lowest BCUT2D eigenvalue weighted by Gasteiger charge is -2.38. The first-order valence-corrected chi connectivity index (χ1v) is 9.69. The van der Waals surface area contributed by atoms with Crippen molar-refractivity contribution in [2.75, 3.05) is 39.3 Å². The second kappa shape index (κ2) is 6.97. The average Bonchev–Trinajstić information content (AvgIpc) is 2.52. The normalized spacial score (nSPS) is 21.0. The van der Waals surface area contributed by atoms with E-state index in [0.29, 0.717) is 12.0 Å². The van der Waals surface area contributed by atoms with Crippen LogP contribution in [-0.4, -0.2) is 62.8 Å². The molecule has 2 heterocycles. The first-order valence-electron chi connectivity index (χ1n) is 8.25. The van der Waals surface area contributed by atoms with Gasteiger partial charge in [-0.1, -0.05) is 6.92 Å². The molecule has 9 heteroatoms. The maximum Gasteiger partial charge on any atom is 0.246 e. The van der Waals surface area contributed by atoms with Crippen molar-refractivity contribution in [3.8, 4) is 0 Å². The Kier molecular flexibility index (Phi) is 5.08. The van der Waals surface area contributed by atoms with Crippen LogP contribution in [0.4, 0.5) is 8.78 Å². The van der Waals surface area contributed by atoms with Gasteiger partial charge in [0.25, 0.3) is 0 Å². The molecule has 0 saturated carbocycles. The summed E-state index contributed by atoms with van der Waals surface area (Å²) in [4.78, 5) is 13.6. The average molecular weight is 373 g/mol. The van der Waals surface area contributed by atoms with Gasteiger partial charge in [0.2, 0.25) is 15.9 Å². The molecule has 2 aliphatic rings. The fraction of sp³-hybridized carbons (Fsp3) is 0.562. The van der Waals surface area contributed by atoms with Crippen molar-refractivity contribution in [2.24, 2.45) is 11.8 Å². The molecule has 1 unspecified atom stereocenters. The minimum atomic E-state index is -4.04. The van der Waals surface area contributed by atoms with E-state index in [1.54, 1.807) is 4.90 Å². The predicted octanol–water partition coefficient (Wildman–Crippen LogP) is 0.653. The Morgan fingerprint density at radius 3 is 2.36 bits per heavy atom. The van der Waals surface area contributed by atoms with Gasteiger partial charge in [-0.2, -0.15) is 4.31 Å². The summed E-state index contributed by atoms with van der Waals surface area (Å²) in [5.74, 6) is -1.69. The van der Waals surface area contributed by atoms with Gasteiger partial charge >= 0.3 is 0 Å². The smallest absolute Gasteiger partial charge is 0.246 e. The van der Waals surface area contributed by atoms with E-state index in [4.69, 9.17) is 0 Å². The van der Waals surface area contributed by atoms with E-state index in [1.165, 1.54) is 0 Å². The van der Waals surface area contributed by atoms with Crippen LogP contribution in [0.1, 0.15) is 6.92 Å². The van der Waals surface area contributed by atoms with Gasteiger partial charge in [-0.3, -0.25) is 4.79 Å². The van der Waals surface area contributed by atoms with E-state index in [9.17, 15) is 22.0 Å². The lowest BCUT2D eigenvalue weighted by atomic mass is 9.88. The van der Waals surface area contributed by atoms with Crippen LogP contribution in [-0.2, 0) is 14.8 Å². The standard InChI is InChI=1S/C16H21F2N3O3S/c1-11(12-9-19-10-12)16(22)20-4-6-21(7-5-20)25(23,24)15-3-2-13(17)8-14(15)18/h2-3,8,11-12,19H,4-7,9-10H2,1H3. The van der Waals surface area contributed by atoms with Crippen molar-refractivity contribution in [2.45, 2.75) is 11.8 Å². The third-order valence-electron chi connectivity index (χ3n) is 4.97. The first kappa shape index (κ1) is 18.2. The minimum absolute atomic E-state index is 0.0245. The summed E-state index contributed by atoms with van der Waals surface area (Å²) in [7, 11) is -4.04. The summed E-state index contributed by atoms with van der Waals surface area (Å²) < 4.78 is 53.1. The second-order valence-electron chi connectivity index (χ2n) is 6.51. The van der Waals surface area contributed by atoms with E-state index in [0.717, 1.165) is 29.5 Å². The van der Waals surface area contributed by atoms with Crippen molar-refractivity contribution < 1.29 is 22.0 Å². The first-order chi connectivity index (χ1) is 11.8. The third-order valence-corrected chi connectivity index (χ3v) is 6.90. The fourth-order valence-electron chi connectivity index (χ4n) is 3.13. The number of sulfonamides is 1. The molecule has 0 spiro atoms. The topological polar surface area (TPSA) is 69.7 Å². The summed E-state index contributed by atoms with van der Waals surface area (Å²) in [6.07, 6.45) is 0. The molecule has 1 aromatic carbocycles. The highest BCUT2D eigenvalue weighted by Crippen LogP contribution is 2.23. The number of amides is 1. The zero-order chi connectivity index (χ0) is 18.2. The molecule has 1 amide bonds. The fourth-order valence-corrected chi connectivity index (χ4v) is 4.59. The maximum atomic E-state index is 13.8. The second-order valence-corrected chi connectivity index (χ2v) is 8.42. The predicted molar refractivity (Wildman–Crippen MR) is 87.2 cm³/mol. The number of nitrogens with zero attached hydrogens (tertiary/aromatic N) is 2. The lowest BCUT2D eigenvalue weighted by molar-refractivity contribution is -0.138. The Morgan fingerprint density at radius 1 is 1.20 bits per heavy atom. The minimum Gasteiger partial charge on any atom is -0.340 e. The van der Waals surface area contributed by atoms with Crippen molar-refractivity contribution in [3.63, 3.8) is 0 Å². The number of nitrogens with one attached hydrogen (secondary N) is 1. The summed E-state index contributed by atoms with van der Waals surface area (Å²) in [6, 6.07) is 2.41. The molecular formula is C16H21F2N3O3S. The Labute approximate surface area is 145 Å². The number of halogens is 2. The monoisotopic (exact) mass is 373 g/mol. The van der Waals surface area contributed by atoms with Crippen LogP contribution < -0.4 is 5.32 Å². The Morgan fingerprint density at radius 2 is 1.84 bits per heavy atom. The summed E-state index contributed by atoms with van der Waals surface area (Å²) in [5, 5.41) is 3.13. The van der Waals surface area contributed by atoms with Crippen LogP contribution in [0, 0.1) is 23.5 Å². The quantitative estimate of drug-likeness (QED) is 0.842. The van der Waals surface area contributed by atoms with Crippen molar-refractivity contribution in [1.82, 2.24) is 14.5 Å². The molecule has 0 radical (unpaired) electrons. The molecule has 2 fully saturated rings. The third kappa shape index (κ3) is 3.54. The number of hydrogen-bond acceptors (Lipinski definition) is 4. The molecule has 0 bridgehead atoms. The van der Waals surface area contributed by atoms with Crippen LogP contribution in [0.3, 0.4) is 0 Å². The van der Waals surface area contributed by atoms with E-state index in [-0.39, 0.29) is 38.0 Å². The van der Waals surface area contributed by atoms with Gasteiger partial charge in [-0.15, -0.1) is 0 Å². The van der Waals surface area contributed by atoms with Gasteiger partial charge in [-0.05, 0) is 31.1 Å². The van der Waals surface area contributed by atoms with E-state index in [2.05, 4.69) is 5.32 Å². The van der Waals surface area contributed by atoms with E-state index in [1.807, 2.05) is 6.92 Å². The van der Waals surface area contributed by atoms with Gasteiger partial charge in [0.1, 0.15) is 16.5 Å². The molecule has 3 rings (SSSR count). The number of carbonyl (C=O) groups is 1. The van der Waals surface area contributed by atoms with Gasteiger partial charge in [0.05, 0.1) is 0 Å². The number of piperazine rings is 1. The van der Waals surface area contributed by atoms with Gasteiger partial charge in [0, 0.05) is 38.2 Å². The molecule has 0 aromatic heterocycles. The largest absolute Gasteiger partial charge is 0.340 e. The summed E-state index contributed by atoms with van der Waals surface area (Å²) in [5.41, 5.74) is 0. The van der Waals surface area contributed by atoms with Crippen LogP contribution in [0.15, 0.2) is 23.1 Å². The number of hydrogen-bond donors (Lipinski definition) is 1. The van der Waals surface area contributed by atoms with Crippen LogP contribution in [0.5, 0.6) is 0 Å². The molecule has 2 aliphatic heterocycles. The maximum absolute atomic E-state index is 13.8. The van der Waals surface area contributed by atoms with E-state index >= 15 is 0 Å². The van der Waals surface area contributed by atoms with Gasteiger partial charge in [-0.25, -0.2) is 17.2 Å². The van der Waals surface area contributed by atoms with Gasteiger partial charge < -0.3 is 10.2 Å². The molecule has 1 N–H and O–H groups in total. The highest BCUT2D eigenvalue weighted by molar-refractivity contribution is 7.89. The summed E-state index contributed by atoms with van der Waals surface area (Å²) >= 11 is 0. The highest BCUT2D eigenvalue weighted by Gasteiger charge is 2.35. The van der Waals surface area contributed by atoms with E-state index < -0.39 is 26.6 Å². The van der Waals surface area contributed by atoms with Crippen molar-refractivity contribution in [3.05, 3.63) is 29.8 Å². The molecule has 2 saturated heterocycles. The van der Waals surface area contributed by atoms with Crippen LogP contribution >= 0.6 is 0 Å². The Balaban J connectivity index is 1.66. The van der Waals surface area contributed by atoms with Crippen molar-refractivity contribution in [1.29, 1.82) is 0 Å². The molecule has 1 atom stereocenters. The SMILES string of the molecule is CC(C(=O)N1CCN(S(=O)(=O)c2ccc(F)cc2F)CC1)C1CNC1. The Hall–Kier alpha value is -1.58.